The van der Waals surface area contributed by atoms with Gasteiger partial charge in [0.05, 0.1) is 24.4 Å². The molecule has 0 aliphatic carbocycles. The van der Waals surface area contributed by atoms with Crippen LogP contribution in [0.3, 0.4) is 0 Å². The fraction of sp³-hybridized carbons (Fsp3) is 0.143. The second-order valence-corrected chi connectivity index (χ2v) is 8.39. The van der Waals surface area contributed by atoms with E-state index < -0.39 is 9.84 Å². The van der Waals surface area contributed by atoms with Crippen molar-refractivity contribution in [2.24, 2.45) is 12.0 Å². The van der Waals surface area contributed by atoms with Crippen LogP contribution in [-0.4, -0.2) is 31.4 Å². The van der Waals surface area contributed by atoms with E-state index in [9.17, 15) is 8.42 Å². The van der Waals surface area contributed by atoms with Crippen LogP contribution in [0.15, 0.2) is 88.2 Å². The SMILES string of the molecule is COc1ccc(C2C=CN=CN2c2ccc(S(=O)(=O)c3nccn3C)cc2)cc1. The van der Waals surface area contributed by atoms with Gasteiger partial charge < -0.3 is 14.2 Å². The Bertz CT molecular complexity index is 1160. The Morgan fingerprint density at radius 3 is 2.38 bits per heavy atom. The minimum Gasteiger partial charge on any atom is -0.497 e. The Morgan fingerprint density at radius 2 is 1.76 bits per heavy atom. The van der Waals surface area contributed by atoms with Gasteiger partial charge in [0.25, 0.3) is 0 Å². The number of aryl methyl sites for hydroxylation is 1. The Labute approximate surface area is 169 Å². The fourth-order valence-electron chi connectivity index (χ4n) is 3.22. The smallest absolute Gasteiger partial charge is 0.240 e. The van der Waals surface area contributed by atoms with Crippen LogP contribution in [0.5, 0.6) is 5.75 Å². The average molecular weight is 408 g/mol. The highest BCUT2D eigenvalue weighted by Gasteiger charge is 2.24. The summed E-state index contributed by atoms with van der Waals surface area (Å²) in [5.41, 5.74) is 1.90. The molecule has 0 saturated heterocycles. The van der Waals surface area contributed by atoms with E-state index in [1.165, 1.54) is 10.8 Å². The van der Waals surface area contributed by atoms with E-state index in [0.717, 1.165) is 17.0 Å². The minimum absolute atomic E-state index is 0.0174. The third-order valence-corrected chi connectivity index (χ3v) is 6.53. The molecule has 0 saturated carbocycles. The molecule has 1 atom stereocenters. The fourth-order valence-corrected chi connectivity index (χ4v) is 4.56. The molecule has 8 heteroatoms. The van der Waals surface area contributed by atoms with Gasteiger partial charge in [0.1, 0.15) is 5.75 Å². The van der Waals surface area contributed by atoms with Crippen molar-refractivity contribution >= 4 is 21.9 Å². The zero-order valence-corrected chi connectivity index (χ0v) is 16.8. The van der Waals surface area contributed by atoms with Crippen molar-refractivity contribution in [2.75, 3.05) is 12.0 Å². The van der Waals surface area contributed by atoms with Crippen molar-refractivity contribution in [3.05, 3.63) is 78.8 Å². The summed E-state index contributed by atoms with van der Waals surface area (Å²) in [6.07, 6.45) is 8.55. The third-order valence-electron chi connectivity index (χ3n) is 4.77. The molecule has 7 nitrogen and oxygen atoms in total. The molecule has 1 aromatic heterocycles. The molecular formula is C21H20N4O3S. The van der Waals surface area contributed by atoms with Gasteiger partial charge in [-0.25, -0.2) is 18.4 Å². The topological polar surface area (TPSA) is 76.8 Å². The van der Waals surface area contributed by atoms with E-state index in [2.05, 4.69) is 9.98 Å². The van der Waals surface area contributed by atoms with E-state index in [-0.39, 0.29) is 16.1 Å². The number of benzene rings is 2. The number of aliphatic imine (C=N–C) groups is 1. The van der Waals surface area contributed by atoms with Gasteiger partial charge in [0, 0.05) is 31.3 Å². The maximum absolute atomic E-state index is 12.8. The lowest BCUT2D eigenvalue weighted by Crippen LogP contribution is -2.27. The van der Waals surface area contributed by atoms with Crippen LogP contribution in [-0.2, 0) is 16.9 Å². The second-order valence-electron chi connectivity index (χ2n) is 6.55. The van der Waals surface area contributed by atoms with Crippen molar-refractivity contribution in [1.82, 2.24) is 9.55 Å². The largest absolute Gasteiger partial charge is 0.497 e. The quantitative estimate of drug-likeness (QED) is 0.647. The molecule has 2 heterocycles. The van der Waals surface area contributed by atoms with Crippen LogP contribution in [0, 0.1) is 0 Å². The molecule has 2 aromatic carbocycles. The first-order valence-corrected chi connectivity index (χ1v) is 10.4. The van der Waals surface area contributed by atoms with E-state index >= 15 is 0 Å². The molecular weight excluding hydrogens is 388 g/mol. The minimum atomic E-state index is -3.68. The number of methoxy groups -OCH3 is 1. The highest BCUT2D eigenvalue weighted by atomic mass is 32.2. The molecule has 148 valence electrons. The van der Waals surface area contributed by atoms with Gasteiger partial charge in [-0.3, -0.25) is 0 Å². The third kappa shape index (κ3) is 3.54. The van der Waals surface area contributed by atoms with E-state index in [1.807, 2.05) is 35.2 Å². The number of anilines is 1. The van der Waals surface area contributed by atoms with Crippen LogP contribution < -0.4 is 9.64 Å². The number of nitrogens with zero attached hydrogens (tertiary/aromatic N) is 4. The maximum atomic E-state index is 12.8. The number of imidazole rings is 1. The van der Waals surface area contributed by atoms with Gasteiger partial charge in [0.2, 0.25) is 15.0 Å². The molecule has 29 heavy (non-hydrogen) atoms. The van der Waals surface area contributed by atoms with Gasteiger partial charge >= 0.3 is 0 Å². The van der Waals surface area contributed by atoms with Gasteiger partial charge in [-0.2, -0.15) is 0 Å². The first-order chi connectivity index (χ1) is 14.0. The summed E-state index contributed by atoms with van der Waals surface area (Å²) in [6, 6.07) is 14.5. The molecule has 0 fully saturated rings. The van der Waals surface area contributed by atoms with Gasteiger partial charge in [0.15, 0.2) is 0 Å². The molecule has 0 bridgehead atoms. The Hall–Kier alpha value is -3.39. The number of aromatic nitrogens is 2. The Morgan fingerprint density at radius 1 is 1.03 bits per heavy atom. The lowest BCUT2D eigenvalue weighted by molar-refractivity contribution is 0.414. The number of sulfone groups is 1. The molecule has 4 rings (SSSR count). The van der Waals surface area contributed by atoms with Crippen molar-refractivity contribution < 1.29 is 13.2 Å². The van der Waals surface area contributed by atoms with Crippen LogP contribution in [0.1, 0.15) is 11.6 Å². The summed E-state index contributed by atoms with van der Waals surface area (Å²) < 4.78 is 32.3. The summed E-state index contributed by atoms with van der Waals surface area (Å²) in [7, 11) is -0.384. The maximum Gasteiger partial charge on any atom is 0.240 e. The van der Waals surface area contributed by atoms with Crippen LogP contribution in [0.2, 0.25) is 0 Å². The Balaban J connectivity index is 1.64. The predicted octanol–water partition coefficient (Wildman–Crippen LogP) is 3.36. The average Bonchev–Trinajstić information content (AvgIpc) is 3.21. The molecule has 0 N–H and O–H groups in total. The van der Waals surface area contributed by atoms with Gasteiger partial charge in [-0.15, -0.1) is 0 Å². The first-order valence-electron chi connectivity index (χ1n) is 8.95. The van der Waals surface area contributed by atoms with Gasteiger partial charge in [-0.05, 0) is 48.0 Å². The standard InChI is InChI=1S/C21H20N4O3S/c1-24-14-13-23-21(24)29(26,27)19-9-5-17(6-10-19)25-15-22-12-11-20(25)16-3-7-18(28-2)8-4-16/h3-15,20H,1-2H3. The van der Waals surface area contributed by atoms with Crippen molar-refractivity contribution in [2.45, 2.75) is 16.1 Å². The molecule has 3 aromatic rings. The molecule has 0 amide bonds. The first kappa shape index (κ1) is 18.9. The number of ether oxygens (including phenoxy) is 1. The highest BCUT2D eigenvalue weighted by Crippen LogP contribution is 2.31. The molecule has 0 radical (unpaired) electrons. The summed E-state index contributed by atoms with van der Waals surface area (Å²) in [4.78, 5) is 10.4. The monoisotopic (exact) mass is 408 g/mol. The summed E-state index contributed by atoms with van der Waals surface area (Å²) >= 11 is 0. The van der Waals surface area contributed by atoms with Crippen LogP contribution in [0.4, 0.5) is 5.69 Å². The van der Waals surface area contributed by atoms with E-state index in [4.69, 9.17) is 4.74 Å². The second kappa shape index (κ2) is 7.56. The molecule has 1 aliphatic heterocycles. The molecule has 0 spiro atoms. The van der Waals surface area contributed by atoms with E-state index in [0.29, 0.717) is 0 Å². The molecule has 1 aliphatic rings. The lowest BCUT2D eigenvalue weighted by Gasteiger charge is -2.30. The summed E-state index contributed by atoms with van der Waals surface area (Å²) in [5.74, 6) is 0.789. The predicted molar refractivity (Wildman–Crippen MR) is 111 cm³/mol. The van der Waals surface area contributed by atoms with Crippen LogP contribution in [0.25, 0.3) is 0 Å². The number of hydrogen-bond acceptors (Lipinski definition) is 6. The van der Waals surface area contributed by atoms with Crippen molar-refractivity contribution in [1.29, 1.82) is 0 Å². The van der Waals surface area contributed by atoms with Gasteiger partial charge in [-0.1, -0.05) is 12.1 Å². The highest BCUT2D eigenvalue weighted by molar-refractivity contribution is 7.91. The zero-order valence-electron chi connectivity index (χ0n) is 16.0. The Kier molecular flexibility index (Phi) is 4.94. The number of hydrogen-bond donors (Lipinski definition) is 0. The lowest BCUT2D eigenvalue weighted by atomic mass is 10.0. The number of rotatable bonds is 5. The summed E-state index contributed by atoms with van der Waals surface area (Å²) in [5, 5.41) is 0.0174. The van der Waals surface area contributed by atoms with Crippen LogP contribution >= 0.6 is 0 Å². The normalized spacial score (nSPS) is 16.2. The molecule has 1 unspecified atom stereocenters. The summed E-state index contributed by atoms with van der Waals surface area (Å²) in [6.45, 7) is 0. The van der Waals surface area contributed by atoms with Crippen molar-refractivity contribution in [3.63, 3.8) is 0 Å². The van der Waals surface area contributed by atoms with E-state index in [1.54, 1.807) is 57.2 Å². The van der Waals surface area contributed by atoms with Crippen molar-refractivity contribution in [3.8, 4) is 5.75 Å². The zero-order chi connectivity index (χ0) is 20.4.